The highest BCUT2D eigenvalue weighted by molar-refractivity contribution is 7.62. The largest absolute Gasteiger partial charge is 0.480 e. The molecule has 0 heterocycles. The van der Waals surface area contributed by atoms with E-state index in [2.05, 4.69) is 16.6 Å². The van der Waals surface area contributed by atoms with Crippen LogP contribution in [0.25, 0.3) is 0 Å². The van der Waals surface area contributed by atoms with Gasteiger partial charge in [0.15, 0.2) is 0 Å². The summed E-state index contributed by atoms with van der Waals surface area (Å²) in [4.78, 5) is 21.8. The predicted octanol–water partition coefficient (Wildman–Crippen LogP) is 0.974. The van der Waals surface area contributed by atoms with Crippen molar-refractivity contribution in [1.29, 1.82) is 0 Å². The Morgan fingerprint density at radius 1 is 1.56 bits per heavy atom. The third-order valence-corrected chi connectivity index (χ3v) is 2.79. The molecule has 0 fully saturated rings. The number of carboxylic acid groups (broad SMARTS) is 1. The molecule has 1 atom stereocenters. The maximum absolute atomic E-state index is 11.5. The minimum Gasteiger partial charge on any atom is -0.480 e. The summed E-state index contributed by atoms with van der Waals surface area (Å²) in [5.41, 5.74) is 0. The fourth-order valence-corrected chi connectivity index (χ4v) is 2.07. The fourth-order valence-electron chi connectivity index (χ4n) is 0.944. The summed E-state index contributed by atoms with van der Waals surface area (Å²) < 4.78 is 16.0. The van der Waals surface area contributed by atoms with E-state index in [9.17, 15) is 14.2 Å². The molecule has 16 heavy (non-hydrogen) atoms. The highest BCUT2D eigenvalue weighted by Crippen LogP contribution is 2.36. The molecule has 1 amide bonds. The number of rotatable bonds is 6. The average Bonchev–Trinajstić information content (AvgIpc) is 2.11. The summed E-state index contributed by atoms with van der Waals surface area (Å²) in [6, 6.07) is -1.20. The molecule has 2 N–H and O–H groups in total. The van der Waals surface area contributed by atoms with Gasteiger partial charge in [0.25, 0.3) is 0 Å². The SMILES string of the molecule is C=CCOC(=O)NC(CP(C)(C)=O)C(=O)O. The molecule has 7 heteroatoms. The van der Waals surface area contributed by atoms with E-state index in [1.165, 1.54) is 19.4 Å². The summed E-state index contributed by atoms with van der Waals surface area (Å²) in [6.07, 6.45) is 0.395. The quantitative estimate of drug-likeness (QED) is 0.540. The highest BCUT2D eigenvalue weighted by atomic mass is 31.2. The lowest BCUT2D eigenvalue weighted by atomic mass is 10.3. The number of carbonyl (C=O) groups excluding carboxylic acids is 1. The van der Waals surface area contributed by atoms with Gasteiger partial charge in [-0.05, 0) is 13.3 Å². The van der Waals surface area contributed by atoms with Crippen LogP contribution in [-0.2, 0) is 14.1 Å². The topological polar surface area (TPSA) is 92.7 Å². The van der Waals surface area contributed by atoms with Crippen LogP contribution in [0.2, 0.25) is 0 Å². The van der Waals surface area contributed by atoms with Crippen molar-refractivity contribution in [3.8, 4) is 0 Å². The number of hydrogen-bond acceptors (Lipinski definition) is 4. The highest BCUT2D eigenvalue weighted by Gasteiger charge is 2.25. The normalized spacial score (nSPS) is 12.6. The first-order valence-corrected chi connectivity index (χ1v) is 7.36. The second kappa shape index (κ2) is 6.33. The van der Waals surface area contributed by atoms with Crippen LogP contribution in [0.4, 0.5) is 4.79 Å². The van der Waals surface area contributed by atoms with Gasteiger partial charge >= 0.3 is 12.1 Å². The van der Waals surface area contributed by atoms with E-state index in [1.54, 1.807) is 0 Å². The molecule has 0 bridgehead atoms. The van der Waals surface area contributed by atoms with E-state index in [0.717, 1.165) is 0 Å². The van der Waals surface area contributed by atoms with Crippen LogP contribution in [-0.4, -0.2) is 49.3 Å². The smallest absolute Gasteiger partial charge is 0.408 e. The molecule has 0 aliphatic heterocycles. The molecular formula is C9H16NO5P. The zero-order chi connectivity index (χ0) is 12.8. The molecule has 0 aromatic carbocycles. The second-order valence-electron chi connectivity index (χ2n) is 3.68. The van der Waals surface area contributed by atoms with Crippen molar-refractivity contribution in [3.63, 3.8) is 0 Å². The van der Waals surface area contributed by atoms with Crippen LogP contribution in [0.1, 0.15) is 0 Å². The van der Waals surface area contributed by atoms with Gasteiger partial charge in [-0.15, -0.1) is 0 Å². The van der Waals surface area contributed by atoms with Crippen LogP contribution in [0.5, 0.6) is 0 Å². The average molecular weight is 249 g/mol. The number of hydrogen-bond donors (Lipinski definition) is 2. The fraction of sp³-hybridized carbons (Fsp3) is 0.556. The summed E-state index contributed by atoms with van der Waals surface area (Å²) in [6.45, 7) is 6.25. The predicted molar refractivity (Wildman–Crippen MR) is 60.4 cm³/mol. The lowest BCUT2D eigenvalue weighted by Gasteiger charge is -2.16. The van der Waals surface area contributed by atoms with Gasteiger partial charge in [-0.25, -0.2) is 9.59 Å². The number of alkyl carbamates (subject to hydrolysis) is 1. The first-order chi connectivity index (χ1) is 7.26. The second-order valence-corrected chi connectivity index (χ2v) is 7.19. The molecule has 0 saturated carbocycles. The van der Waals surface area contributed by atoms with Gasteiger partial charge in [0.05, 0.1) is 7.14 Å². The maximum Gasteiger partial charge on any atom is 0.408 e. The van der Waals surface area contributed by atoms with Gasteiger partial charge in [-0.1, -0.05) is 12.7 Å². The molecular weight excluding hydrogens is 233 g/mol. The Morgan fingerprint density at radius 3 is 2.50 bits per heavy atom. The Bertz CT molecular complexity index is 322. The van der Waals surface area contributed by atoms with Gasteiger partial charge < -0.3 is 19.7 Å². The zero-order valence-electron chi connectivity index (χ0n) is 9.30. The zero-order valence-corrected chi connectivity index (χ0v) is 10.2. The maximum atomic E-state index is 11.5. The standard InChI is InChI=1S/C9H16NO5P/c1-4-5-15-9(13)10-7(8(11)12)6-16(2,3)14/h4,7H,1,5-6H2,2-3H3,(H,10,13)(H,11,12). The van der Waals surface area contributed by atoms with E-state index in [0.29, 0.717) is 0 Å². The van der Waals surface area contributed by atoms with E-state index >= 15 is 0 Å². The number of carbonyl (C=O) groups is 2. The van der Waals surface area contributed by atoms with E-state index in [1.807, 2.05) is 0 Å². The van der Waals surface area contributed by atoms with Gasteiger partial charge in [0, 0.05) is 6.16 Å². The van der Waals surface area contributed by atoms with Crippen LogP contribution in [0, 0.1) is 0 Å². The molecule has 0 saturated heterocycles. The van der Waals surface area contributed by atoms with Crippen molar-refractivity contribution in [2.45, 2.75) is 6.04 Å². The van der Waals surface area contributed by atoms with Crippen molar-refractivity contribution in [2.75, 3.05) is 26.1 Å². The Hall–Kier alpha value is -1.29. The molecule has 1 unspecified atom stereocenters. The number of ether oxygens (including phenoxy) is 1. The first kappa shape index (κ1) is 14.7. The van der Waals surface area contributed by atoms with Crippen LogP contribution in [0.3, 0.4) is 0 Å². The molecule has 0 spiro atoms. The lowest BCUT2D eigenvalue weighted by molar-refractivity contribution is -0.138. The third kappa shape index (κ3) is 7.06. The van der Waals surface area contributed by atoms with E-state index in [4.69, 9.17) is 5.11 Å². The monoisotopic (exact) mass is 249 g/mol. The van der Waals surface area contributed by atoms with Gasteiger partial charge in [-0.3, -0.25) is 0 Å². The van der Waals surface area contributed by atoms with Crippen molar-refractivity contribution >= 4 is 19.2 Å². The summed E-state index contributed by atoms with van der Waals surface area (Å²) in [5, 5.41) is 10.9. The van der Waals surface area contributed by atoms with E-state index < -0.39 is 25.2 Å². The molecule has 0 aromatic rings. The minimum absolute atomic E-state index is 0.00587. The summed E-state index contributed by atoms with van der Waals surface area (Å²) in [5.74, 6) is -1.24. The number of aliphatic carboxylic acids is 1. The van der Waals surface area contributed by atoms with Crippen LogP contribution in [0.15, 0.2) is 12.7 Å². The lowest BCUT2D eigenvalue weighted by Crippen LogP contribution is -2.43. The van der Waals surface area contributed by atoms with Crippen molar-refractivity contribution in [2.24, 2.45) is 0 Å². The van der Waals surface area contributed by atoms with Crippen LogP contribution < -0.4 is 5.32 Å². The number of carboxylic acids is 1. The molecule has 0 aliphatic rings. The molecule has 6 nitrogen and oxygen atoms in total. The Morgan fingerprint density at radius 2 is 2.12 bits per heavy atom. The molecule has 0 aliphatic carbocycles. The molecule has 0 rings (SSSR count). The first-order valence-electron chi connectivity index (χ1n) is 4.57. The van der Waals surface area contributed by atoms with Crippen molar-refractivity contribution in [1.82, 2.24) is 5.32 Å². The van der Waals surface area contributed by atoms with Crippen molar-refractivity contribution < 1.29 is 24.0 Å². The molecule has 0 aromatic heterocycles. The van der Waals surface area contributed by atoms with Gasteiger partial charge in [-0.2, -0.15) is 0 Å². The molecule has 0 radical (unpaired) electrons. The third-order valence-electron chi connectivity index (χ3n) is 1.54. The Balaban J connectivity index is 4.34. The Labute approximate surface area is 94.0 Å². The Kier molecular flexibility index (Phi) is 5.82. The van der Waals surface area contributed by atoms with Crippen LogP contribution >= 0.6 is 7.14 Å². The minimum atomic E-state index is -2.53. The summed E-state index contributed by atoms with van der Waals surface area (Å²) >= 11 is 0. The summed E-state index contributed by atoms with van der Waals surface area (Å²) in [7, 11) is -2.53. The molecule has 92 valence electrons. The van der Waals surface area contributed by atoms with Crippen molar-refractivity contribution in [3.05, 3.63) is 12.7 Å². The van der Waals surface area contributed by atoms with E-state index in [-0.39, 0.29) is 12.8 Å². The number of nitrogens with one attached hydrogen (secondary N) is 1. The van der Waals surface area contributed by atoms with Gasteiger partial charge in [0.1, 0.15) is 12.6 Å². The number of amides is 1. The van der Waals surface area contributed by atoms with Gasteiger partial charge in [0.2, 0.25) is 0 Å².